The van der Waals surface area contributed by atoms with E-state index >= 15 is 0 Å². The molecule has 1 saturated carbocycles. The van der Waals surface area contributed by atoms with Crippen LogP contribution in [-0.4, -0.2) is 39.4 Å². The van der Waals surface area contributed by atoms with Crippen molar-refractivity contribution in [2.45, 2.75) is 32.1 Å². The number of carboxylic acids is 1. The number of aliphatic carboxylic acids is 1. The molecule has 7 heteroatoms. The molecule has 1 N–H and O–H groups in total. The van der Waals surface area contributed by atoms with Crippen LogP contribution >= 0.6 is 24.0 Å². The van der Waals surface area contributed by atoms with Gasteiger partial charge in [-0.05, 0) is 36.1 Å². The summed E-state index contributed by atoms with van der Waals surface area (Å²) in [6.07, 6.45) is 7.97. The predicted octanol–water partition coefficient (Wildman–Crippen LogP) is 3.93. The highest BCUT2D eigenvalue weighted by atomic mass is 32.2. The number of ether oxygens (including phenoxy) is 1. The monoisotopic (exact) mass is 391 g/mol. The molecule has 0 unspecified atom stereocenters. The Morgan fingerprint density at radius 1 is 1.31 bits per heavy atom. The van der Waals surface area contributed by atoms with Crippen LogP contribution < -0.4 is 4.74 Å². The fraction of sp³-hybridized carbons (Fsp3) is 0.421. The van der Waals surface area contributed by atoms with E-state index in [0.29, 0.717) is 21.5 Å². The lowest BCUT2D eigenvalue weighted by Gasteiger charge is -2.17. The highest BCUT2D eigenvalue weighted by molar-refractivity contribution is 8.26. The fourth-order valence-corrected chi connectivity index (χ4v) is 4.57. The van der Waals surface area contributed by atoms with Gasteiger partial charge in [0.25, 0.3) is 5.91 Å². The topological polar surface area (TPSA) is 66.8 Å². The van der Waals surface area contributed by atoms with Crippen molar-refractivity contribution in [3.05, 3.63) is 34.7 Å². The third-order valence-corrected chi connectivity index (χ3v) is 6.03. The van der Waals surface area contributed by atoms with Crippen LogP contribution in [0.25, 0.3) is 6.08 Å². The van der Waals surface area contributed by atoms with Crippen LogP contribution in [-0.2, 0) is 9.59 Å². The molecule has 0 atom stereocenters. The molecule has 138 valence electrons. The third-order valence-electron chi connectivity index (χ3n) is 4.65. The van der Waals surface area contributed by atoms with Gasteiger partial charge in [0.2, 0.25) is 0 Å². The van der Waals surface area contributed by atoms with Crippen molar-refractivity contribution in [1.82, 2.24) is 4.90 Å². The summed E-state index contributed by atoms with van der Waals surface area (Å²) < 4.78 is 5.73. The number of thioether (sulfide) groups is 1. The maximum Gasteiger partial charge on any atom is 0.341 e. The van der Waals surface area contributed by atoms with E-state index in [1.54, 1.807) is 29.2 Å². The van der Waals surface area contributed by atoms with E-state index in [0.717, 1.165) is 17.9 Å². The standard InChI is InChI=1S/C19H21NO4S2/c21-17(22)12-24-15-7-5-14(6-8-15)11-16-18(23)20(19(25)26-16)10-9-13-3-1-2-4-13/h5-8,11,13H,1-4,9-10,12H2,(H,21,22)/b16-11-. The number of benzene rings is 1. The Morgan fingerprint density at radius 3 is 2.65 bits per heavy atom. The van der Waals surface area contributed by atoms with E-state index in [9.17, 15) is 9.59 Å². The van der Waals surface area contributed by atoms with Gasteiger partial charge in [-0.1, -0.05) is 61.8 Å². The quantitative estimate of drug-likeness (QED) is 0.561. The van der Waals surface area contributed by atoms with Gasteiger partial charge in [-0.25, -0.2) is 4.79 Å². The van der Waals surface area contributed by atoms with E-state index in [1.165, 1.54) is 37.4 Å². The summed E-state index contributed by atoms with van der Waals surface area (Å²) in [6, 6.07) is 6.97. The van der Waals surface area contributed by atoms with Crippen molar-refractivity contribution >= 4 is 46.3 Å². The van der Waals surface area contributed by atoms with Gasteiger partial charge < -0.3 is 9.84 Å². The first-order valence-corrected chi connectivity index (χ1v) is 9.95. The van der Waals surface area contributed by atoms with Crippen molar-refractivity contribution in [3.63, 3.8) is 0 Å². The Kier molecular flexibility index (Phi) is 6.32. The molecule has 2 fully saturated rings. The van der Waals surface area contributed by atoms with Gasteiger partial charge in [-0.15, -0.1) is 0 Å². The zero-order valence-electron chi connectivity index (χ0n) is 14.3. The molecule has 1 aromatic carbocycles. The van der Waals surface area contributed by atoms with E-state index in [1.807, 2.05) is 6.08 Å². The molecular formula is C19H21NO4S2. The summed E-state index contributed by atoms with van der Waals surface area (Å²) in [5, 5.41) is 8.62. The molecule has 1 amide bonds. The van der Waals surface area contributed by atoms with Crippen LogP contribution in [0, 0.1) is 5.92 Å². The molecule has 0 aromatic heterocycles. The SMILES string of the molecule is O=C(O)COc1ccc(/C=C2\SC(=S)N(CCC3CCCC3)C2=O)cc1. The Balaban J connectivity index is 1.60. The second-order valence-electron chi connectivity index (χ2n) is 6.52. The molecule has 5 nitrogen and oxygen atoms in total. The average molecular weight is 392 g/mol. The fourth-order valence-electron chi connectivity index (χ4n) is 3.26. The molecule has 1 aromatic rings. The summed E-state index contributed by atoms with van der Waals surface area (Å²) in [6.45, 7) is 0.327. The summed E-state index contributed by atoms with van der Waals surface area (Å²) >= 11 is 6.72. The zero-order chi connectivity index (χ0) is 18.5. The Bertz CT molecular complexity index is 724. The second kappa shape index (κ2) is 8.68. The number of amides is 1. The normalized spacial score (nSPS) is 19.5. The first-order chi connectivity index (χ1) is 12.5. The Labute approximate surface area is 162 Å². The number of hydrogen-bond acceptors (Lipinski definition) is 5. The number of carboxylic acid groups (broad SMARTS) is 1. The maximum absolute atomic E-state index is 12.6. The number of carbonyl (C=O) groups is 2. The third kappa shape index (κ3) is 4.86. The molecule has 0 spiro atoms. The molecule has 26 heavy (non-hydrogen) atoms. The highest BCUT2D eigenvalue weighted by Gasteiger charge is 2.32. The van der Waals surface area contributed by atoms with Gasteiger partial charge in [-0.2, -0.15) is 0 Å². The van der Waals surface area contributed by atoms with Crippen LogP contribution in [0.15, 0.2) is 29.2 Å². The molecule has 0 radical (unpaired) electrons. The number of carbonyl (C=O) groups excluding carboxylic acids is 1. The average Bonchev–Trinajstić information content (AvgIpc) is 3.22. The summed E-state index contributed by atoms with van der Waals surface area (Å²) in [5.74, 6) is 0.162. The minimum absolute atomic E-state index is 0.0239. The lowest BCUT2D eigenvalue weighted by molar-refractivity contribution is -0.139. The lowest BCUT2D eigenvalue weighted by atomic mass is 10.0. The van der Waals surface area contributed by atoms with Gasteiger partial charge in [0, 0.05) is 6.54 Å². The predicted molar refractivity (Wildman–Crippen MR) is 106 cm³/mol. The summed E-state index contributed by atoms with van der Waals surface area (Å²) in [7, 11) is 0. The van der Waals surface area contributed by atoms with Gasteiger partial charge >= 0.3 is 5.97 Å². The van der Waals surface area contributed by atoms with Crippen LogP contribution in [0.5, 0.6) is 5.75 Å². The van der Waals surface area contributed by atoms with E-state index in [-0.39, 0.29) is 12.5 Å². The Morgan fingerprint density at radius 2 is 2.00 bits per heavy atom. The second-order valence-corrected chi connectivity index (χ2v) is 8.20. The Hall–Kier alpha value is -1.86. The van der Waals surface area contributed by atoms with Crippen molar-refractivity contribution in [1.29, 1.82) is 0 Å². The zero-order valence-corrected chi connectivity index (χ0v) is 16.0. The molecule has 1 aliphatic heterocycles. The molecule has 0 bridgehead atoms. The molecular weight excluding hydrogens is 370 g/mol. The maximum atomic E-state index is 12.6. The molecule has 1 aliphatic carbocycles. The van der Waals surface area contributed by atoms with Gasteiger partial charge in [0.15, 0.2) is 6.61 Å². The number of hydrogen-bond donors (Lipinski definition) is 1. The minimum atomic E-state index is -1.02. The minimum Gasteiger partial charge on any atom is -0.482 e. The number of nitrogens with zero attached hydrogens (tertiary/aromatic N) is 1. The van der Waals surface area contributed by atoms with Crippen LogP contribution in [0.2, 0.25) is 0 Å². The molecule has 2 aliphatic rings. The number of thiocarbonyl (C=S) groups is 1. The van der Waals surface area contributed by atoms with Crippen LogP contribution in [0.1, 0.15) is 37.7 Å². The lowest BCUT2D eigenvalue weighted by Crippen LogP contribution is -2.30. The van der Waals surface area contributed by atoms with E-state index in [4.69, 9.17) is 22.1 Å². The van der Waals surface area contributed by atoms with Crippen molar-refractivity contribution < 1.29 is 19.4 Å². The first kappa shape index (κ1) is 18.9. The van der Waals surface area contributed by atoms with Gasteiger partial charge in [-0.3, -0.25) is 9.69 Å². The van der Waals surface area contributed by atoms with Crippen LogP contribution in [0.4, 0.5) is 0 Å². The number of rotatable bonds is 7. The van der Waals surface area contributed by atoms with Crippen LogP contribution in [0.3, 0.4) is 0 Å². The molecule has 1 saturated heterocycles. The van der Waals surface area contributed by atoms with Crippen molar-refractivity contribution in [2.75, 3.05) is 13.2 Å². The van der Waals surface area contributed by atoms with Crippen molar-refractivity contribution in [2.24, 2.45) is 5.92 Å². The molecule has 3 rings (SSSR count). The highest BCUT2D eigenvalue weighted by Crippen LogP contribution is 2.34. The molecule has 1 heterocycles. The van der Waals surface area contributed by atoms with E-state index < -0.39 is 5.97 Å². The first-order valence-electron chi connectivity index (χ1n) is 8.73. The van der Waals surface area contributed by atoms with Gasteiger partial charge in [0.05, 0.1) is 4.91 Å². The smallest absolute Gasteiger partial charge is 0.341 e. The van der Waals surface area contributed by atoms with Crippen molar-refractivity contribution in [3.8, 4) is 5.75 Å². The summed E-state index contributed by atoms with van der Waals surface area (Å²) in [5.41, 5.74) is 0.851. The van der Waals surface area contributed by atoms with E-state index in [2.05, 4.69) is 0 Å². The largest absolute Gasteiger partial charge is 0.482 e. The summed E-state index contributed by atoms with van der Waals surface area (Å²) in [4.78, 5) is 25.5. The van der Waals surface area contributed by atoms with Gasteiger partial charge in [0.1, 0.15) is 10.1 Å².